The molecule has 2 heterocycles. The predicted octanol–water partition coefficient (Wildman–Crippen LogP) is 3.43. The average Bonchev–Trinajstić information content (AvgIpc) is 3.34. The zero-order chi connectivity index (χ0) is 18.8. The van der Waals surface area contributed by atoms with Crippen molar-refractivity contribution < 1.29 is 14.3 Å². The highest BCUT2D eigenvalue weighted by Gasteiger charge is 2.31. The summed E-state index contributed by atoms with van der Waals surface area (Å²) in [7, 11) is 3.30. The number of likely N-dealkylation sites (tertiary alicyclic amines) is 1. The van der Waals surface area contributed by atoms with Gasteiger partial charge in [0.2, 0.25) is 5.91 Å². The van der Waals surface area contributed by atoms with Gasteiger partial charge in [0.15, 0.2) is 11.5 Å². The van der Waals surface area contributed by atoms with Gasteiger partial charge in [-0.1, -0.05) is 24.3 Å². The van der Waals surface area contributed by atoms with Crippen molar-refractivity contribution in [3.8, 4) is 11.5 Å². The monoisotopic (exact) mass is 366 g/mol. The first-order valence-electron chi connectivity index (χ1n) is 9.55. The van der Waals surface area contributed by atoms with E-state index in [2.05, 4.69) is 23.1 Å². The normalized spacial score (nSPS) is 19.2. The number of hydrogen-bond donors (Lipinski definition) is 0. The molecule has 142 valence electrons. The summed E-state index contributed by atoms with van der Waals surface area (Å²) < 4.78 is 10.8. The minimum atomic E-state index is 0.187. The molecule has 1 saturated heterocycles. The molecular weight excluding hydrogens is 340 g/mol. The minimum Gasteiger partial charge on any atom is -0.493 e. The van der Waals surface area contributed by atoms with Crippen molar-refractivity contribution in [3.05, 3.63) is 53.6 Å². The van der Waals surface area contributed by atoms with Gasteiger partial charge in [-0.05, 0) is 55.1 Å². The standard InChI is InChI=1S/C22H26N2O3/c1-26-20-10-9-17(14-21(20)27-2)18-8-5-12-23(18)15-22(25)24-13-11-16-6-3-4-7-19(16)24/h3-4,6-7,9-10,14,18H,5,8,11-13,15H2,1-2H3. The van der Waals surface area contributed by atoms with Gasteiger partial charge in [0.25, 0.3) is 0 Å². The Morgan fingerprint density at radius 2 is 1.89 bits per heavy atom. The molecule has 5 nitrogen and oxygen atoms in total. The van der Waals surface area contributed by atoms with E-state index in [0.29, 0.717) is 6.54 Å². The smallest absolute Gasteiger partial charge is 0.241 e. The van der Waals surface area contributed by atoms with Gasteiger partial charge in [-0.15, -0.1) is 0 Å². The first-order valence-corrected chi connectivity index (χ1v) is 9.55. The average molecular weight is 366 g/mol. The number of amides is 1. The Hall–Kier alpha value is -2.53. The van der Waals surface area contributed by atoms with Crippen molar-refractivity contribution in [3.63, 3.8) is 0 Å². The maximum atomic E-state index is 13.0. The van der Waals surface area contributed by atoms with E-state index in [1.807, 2.05) is 29.2 Å². The van der Waals surface area contributed by atoms with Crippen LogP contribution in [0.1, 0.15) is 30.0 Å². The van der Waals surface area contributed by atoms with Crippen LogP contribution in [-0.2, 0) is 11.2 Å². The molecule has 0 spiro atoms. The molecule has 5 heteroatoms. The van der Waals surface area contributed by atoms with Gasteiger partial charge in [-0.25, -0.2) is 0 Å². The Kier molecular flexibility index (Phi) is 5.03. The summed E-state index contributed by atoms with van der Waals surface area (Å²) in [6, 6.07) is 14.5. The van der Waals surface area contributed by atoms with Gasteiger partial charge in [0, 0.05) is 18.3 Å². The van der Waals surface area contributed by atoms with Crippen LogP contribution in [0.2, 0.25) is 0 Å². The largest absolute Gasteiger partial charge is 0.493 e. The van der Waals surface area contributed by atoms with Crippen LogP contribution in [0, 0.1) is 0 Å². The fourth-order valence-corrected chi connectivity index (χ4v) is 4.31. The second-order valence-corrected chi connectivity index (χ2v) is 7.17. The summed E-state index contributed by atoms with van der Waals surface area (Å²) in [5.41, 5.74) is 3.52. The van der Waals surface area contributed by atoms with Crippen LogP contribution in [0.4, 0.5) is 5.69 Å². The van der Waals surface area contributed by atoms with E-state index in [4.69, 9.17) is 9.47 Å². The van der Waals surface area contributed by atoms with Gasteiger partial charge in [0.05, 0.1) is 20.8 Å². The number of methoxy groups -OCH3 is 2. The van der Waals surface area contributed by atoms with Crippen molar-refractivity contribution in [2.45, 2.75) is 25.3 Å². The van der Waals surface area contributed by atoms with E-state index in [1.165, 1.54) is 11.1 Å². The minimum absolute atomic E-state index is 0.187. The summed E-state index contributed by atoms with van der Waals surface area (Å²) in [6.45, 7) is 2.18. The molecule has 0 bridgehead atoms. The van der Waals surface area contributed by atoms with Crippen LogP contribution in [0.25, 0.3) is 0 Å². The van der Waals surface area contributed by atoms with Crippen LogP contribution in [-0.4, -0.2) is 44.7 Å². The van der Waals surface area contributed by atoms with E-state index in [9.17, 15) is 4.79 Å². The number of anilines is 1. The van der Waals surface area contributed by atoms with E-state index in [0.717, 1.165) is 49.5 Å². The first kappa shape index (κ1) is 17.9. The second kappa shape index (κ2) is 7.61. The lowest BCUT2D eigenvalue weighted by Crippen LogP contribution is -2.39. The fraction of sp³-hybridized carbons (Fsp3) is 0.409. The SMILES string of the molecule is COc1ccc(C2CCCN2CC(=O)N2CCc3ccccc32)cc1OC. The third-order valence-corrected chi connectivity index (χ3v) is 5.68. The van der Waals surface area contributed by atoms with E-state index in [1.54, 1.807) is 14.2 Å². The van der Waals surface area contributed by atoms with Gasteiger partial charge in [-0.3, -0.25) is 9.69 Å². The highest BCUT2D eigenvalue weighted by atomic mass is 16.5. The molecule has 2 aromatic carbocycles. The Labute approximate surface area is 160 Å². The Morgan fingerprint density at radius 3 is 2.70 bits per heavy atom. The number of carbonyl (C=O) groups excluding carboxylic acids is 1. The zero-order valence-electron chi connectivity index (χ0n) is 16.0. The van der Waals surface area contributed by atoms with Gasteiger partial charge in [0.1, 0.15) is 0 Å². The maximum absolute atomic E-state index is 13.0. The van der Waals surface area contributed by atoms with E-state index >= 15 is 0 Å². The number of ether oxygens (including phenoxy) is 2. The van der Waals surface area contributed by atoms with E-state index < -0.39 is 0 Å². The Balaban J connectivity index is 1.50. The molecule has 27 heavy (non-hydrogen) atoms. The summed E-state index contributed by atoms with van der Waals surface area (Å²) >= 11 is 0. The van der Waals surface area contributed by atoms with Crippen LogP contribution in [0.5, 0.6) is 11.5 Å². The van der Waals surface area contributed by atoms with Crippen molar-refractivity contribution in [2.75, 3.05) is 38.8 Å². The third kappa shape index (κ3) is 3.39. The number of rotatable bonds is 5. The van der Waals surface area contributed by atoms with Gasteiger partial charge < -0.3 is 14.4 Å². The lowest BCUT2D eigenvalue weighted by atomic mass is 10.0. The van der Waals surface area contributed by atoms with Crippen LogP contribution in [0.15, 0.2) is 42.5 Å². The van der Waals surface area contributed by atoms with E-state index in [-0.39, 0.29) is 11.9 Å². The molecule has 1 fully saturated rings. The lowest BCUT2D eigenvalue weighted by Gasteiger charge is -2.27. The molecule has 2 aliphatic rings. The Bertz CT molecular complexity index is 836. The summed E-state index contributed by atoms with van der Waals surface area (Å²) in [6.07, 6.45) is 3.10. The van der Waals surface area contributed by atoms with Crippen molar-refractivity contribution in [1.82, 2.24) is 4.90 Å². The Morgan fingerprint density at radius 1 is 1.07 bits per heavy atom. The summed E-state index contributed by atoms with van der Waals surface area (Å²) in [5, 5.41) is 0. The summed E-state index contributed by atoms with van der Waals surface area (Å²) in [4.78, 5) is 17.2. The van der Waals surface area contributed by atoms with Crippen LogP contribution < -0.4 is 14.4 Å². The van der Waals surface area contributed by atoms with Crippen molar-refractivity contribution in [2.24, 2.45) is 0 Å². The maximum Gasteiger partial charge on any atom is 0.241 e. The lowest BCUT2D eigenvalue weighted by molar-refractivity contribution is -0.119. The molecule has 0 radical (unpaired) electrons. The van der Waals surface area contributed by atoms with Crippen molar-refractivity contribution in [1.29, 1.82) is 0 Å². The fourth-order valence-electron chi connectivity index (χ4n) is 4.31. The highest BCUT2D eigenvalue weighted by Crippen LogP contribution is 2.37. The van der Waals surface area contributed by atoms with Gasteiger partial charge in [-0.2, -0.15) is 0 Å². The molecule has 2 aliphatic heterocycles. The van der Waals surface area contributed by atoms with Crippen molar-refractivity contribution >= 4 is 11.6 Å². The molecule has 1 amide bonds. The molecule has 0 aromatic heterocycles. The first-order chi connectivity index (χ1) is 13.2. The summed E-state index contributed by atoms with van der Waals surface area (Å²) in [5.74, 6) is 1.66. The molecule has 0 saturated carbocycles. The number of carbonyl (C=O) groups is 1. The zero-order valence-corrected chi connectivity index (χ0v) is 16.0. The number of nitrogens with zero attached hydrogens (tertiary/aromatic N) is 2. The number of hydrogen-bond acceptors (Lipinski definition) is 4. The molecule has 1 atom stereocenters. The van der Waals surface area contributed by atoms with Crippen LogP contribution in [0.3, 0.4) is 0 Å². The molecular formula is C22H26N2O3. The molecule has 0 N–H and O–H groups in total. The quantitative estimate of drug-likeness (QED) is 0.813. The number of fused-ring (bicyclic) bond motifs is 1. The molecule has 1 unspecified atom stereocenters. The third-order valence-electron chi connectivity index (χ3n) is 5.68. The number of benzene rings is 2. The number of para-hydroxylation sites is 1. The molecule has 2 aromatic rings. The molecule has 0 aliphatic carbocycles. The van der Waals surface area contributed by atoms with Gasteiger partial charge >= 0.3 is 0 Å². The highest BCUT2D eigenvalue weighted by molar-refractivity contribution is 5.96. The van der Waals surface area contributed by atoms with Crippen LogP contribution >= 0.6 is 0 Å². The second-order valence-electron chi connectivity index (χ2n) is 7.17. The topological polar surface area (TPSA) is 42.0 Å². The molecule has 4 rings (SSSR count). The predicted molar refractivity (Wildman–Crippen MR) is 106 cm³/mol.